The van der Waals surface area contributed by atoms with E-state index < -0.39 is 0 Å². The first kappa shape index (κ1) is 10.4. The van der Waals surface area contributed by atoms with Gasteiger partial charge in [0.2, 0.25) is 0 Å². The number of nitrogens with one attached hydrogen (secondary N) is 1. The maximum absolute atomic E-state index is 7.37. The summed E-state index contributed by atoms with van der Waals surface area (Å²) < 4.78 is 0. The van der Waals surface area contributed by atoms with Crippen LogP contribution in [0.2, 0.25) is 0 Å². The lowest BCUT2D eigenvalue weighted by Crippen LogP contribution is -2.11. The second kappa shape index (κ2) is 4.57. The van der Waals surface area contributed by atoms with E-state index in [2.05, 4.69) is 11.1 Å². The SMILES string of the molecule is N=C(N)c1cc[c]c(Cc2ccncc2)c1. The molecule has 0 aliphatic carbocycles. The predicted octanol–water partition coefficient (Wildman–Crippen LogP) is 1.76. The second-order valence-electron chi connectivity index (χ2n) is 3.55. The molecule has 0 fully saturated rings. The van der Waals surface area contributed by atoms with Crippen molar-refractivity contribution in [3.8, 4) is 0 Å². The molecule has 3 heteroatoms. The molecule has 0 aliphatic rings. The molecule has 2 rings (SSSR count). The van der Waals surface area contributed by atoms with Gasteiger partial charge >= 0.3 is 0 Å². The fourth-order valence-corrected chi connectivity index (χ4v) is 1.51. The van der Waals surface area contributed by atoms with Gasteiger partial charge in [0.1, 0.15) is 5.84 Å². The minimum absolute atomic E-state index is 0.0879. The molecule has 0 atom stereocenters. The van der Waals surface area contributed by atoms with Crippen LogP contribution in [0.1, 0.15) is 16.7 Å². The molecule has 1 heterocycles. The number of nitrogens with two attached hydrogens (primary N) is 1. The predicted molar refractivity (Wildman–Crippen MR) is 63.3 cm³/mol. The topological polar surface area (TPSA) is 62.8 Å². The largest absolute Gasteiger partial charge is 0.384 e. The monoisotopic (exact) mass is 210 g/mol. The molecule has 79 valence electrons. The number of pyridine rings is 1. The van der Waals surface area contributed by atoms with Crippen molar-refractivity contribution in [3.63, 3.8) is 0 Å². The number of rotatable bonds is 3. The minimum atomic E-state index is 0.0879. The lowest BCUT2D eigenvalue weighted by molar-refractivity contribution is 1.16. The molecule has 0 aliphatic heterocycles. The number of aromatic nitrogens is 1. The third-order valence-electron chi connectivity index (χ3n) is 2.32. The van der Waals surface area contributed by atoms with E-state index in [0.29, 0.717) is 0 Å². The van der Waals surface area contributed by atoms with E-state index in [-0.39, 0.29) is 5.84 Å². The molecule has 16 heavy (non-hydrogen) atoms. The molecule has 3 nitrogen and oxygen atoms in total. The molecule has 0 bridgehead atoms. The first-order valence-corrected chi connectivity index (χ1v) is 4.99. The number of hydrogen-bond donors (Lipinski definition) is 2. The van der Waals surface area contributed by atoms with Gasteiger partial charge in [0.15, 0.2) is 0 Å². The lowest BCUT2D eigenvalue weighted by atomic mass is 10.0. The summed E-state index contributed by atoms with van der Waals surface area (Å²) >= 11 is 0. The first-order chi connectivity index (χ1) is 7.75. The van der Waals surface area contributed by atoms with E-state index >= 15 is 0 Å². The van der Waals surface area contributed by atoms with Gasteiger partial charge in [-0.2, -0.15) is 0 Å². The van der Waals surface area contributed by atoms with Gasteiger partial charge in [-0.1, -0.05) is 12.1 Å². The first-order valence-electron chi connectivity index (χ1n) is 4.99. The van der Waals surface area contributed by atoms with Gasteiger partial charge < -0.3 is 5.73 Å². The van der Waals surface area contributed by atoms with Crippen LogP contribution in [0.5, 0.6) is 0 Å². The Morgan fingerprint density at radius 3 is 2.75 bits per heavy atom. The fourth-order valence-electron chi connectivity index (χ4n) is 1.51. The molecular formula is C13H12N3. The number of nitrogens with zero attached hydrogens (tertiary/aromatic N) is 1. The average molecular weight is 210 g/mol. The van der Waals surface area contributed by atoms with E-state index in [4.69, 9.17) is 11.1 Å². The molecule has 2 aromatic rings. The third kappa shape index (κ3) is 2.45. The van der Waals surface area contributed by atoms with Gasteiger partial charge in [0.25, 0.3) is 0 Å². The Bertz CT molecular complexity index is 492. The van der Waals surface area contributed by atoms with Crippen LogP contribution in [0.4, 0.5) is 0 Å². The number of nitrogen functional groups attached to an aromatic ring is 1. The number of benzene rings is 1. The van der Waals surface area contributed by atoms with Crippen LogP contribution < -0.4 is 5.73 Å². The van der Waals surface area contributed by atoms with Gasteiger partial charge in [-0.25, -0.2) is 0 Å². The molecule has 0 saturated carbocycles. The molecule has 0 amide bonds. The van der Waals surface area contributed by atoms with Crippen molar-refractivity contribution in [3.05, 3.63) is 65.5 Å². The zero-order chi connectivity index (χ0) is 11.4. The smallest absolute Gasteiger partial charge is 0.122 e. The summed E-state index contributed by atoms with van der Waals surface area (Å²) in [6.45, 7) is 0. The summed E-state index contributed by atoms with van der Waals surface area (Å²) in [5.41, 5.74) is 8.37. The summed E-state index contributed by atoms with van der Waals surface area (Å²) in [5.74, 6) is 0.0879. The lowest BCUT2D eigenvalue weighted by Gasteiger charge is -2.03. The molecule has 1 aromatic heterocycles. The summed E-state index contributed by atoms with van der Waals surface area (Å²) in [6, 6.07) is 12.6. The summed E-state index contributed by atoms with van der Waals surface area (Å²) in [7, 11) is 0. The van der Waals surface area contributed by atoms with E-state index in [1.54, 1.807) is 24.5 Å². The van der Waals surface area contributed by atoms with Crippen LogP contribution in [-0.2, 0) is 6.42 Å². The fraction of sp³-hybridized carbons (Fsp3) is 0.0769. The third-order valence-corrected chi connectivity index (χ3v) is 2.32. The highest BCUT2D eigenvalue weighted by atomic mass is 14.7. The Morgan fingerprint density at radius 2 is 2.06 bits per heavy atom. The Kier molecular flexibility index (Phi) is 2.96. The van der Waals surface area contributed by atoms with Crippen molar-refractivity contribution in [1.29, 1.82) is 5.41 Å². The van der Waals surface area contributed by atoms with Crippen LogP contribution in [0, 0.1) is 11.5 Å². The van der Waals surface area contributed by atoms with E-state index in [1.807, 2.05) is 18.2 Å². The molecule has 0 saturated heterocycles. The van der Waals surface area contributed by atoms with Crippen LogP contribution >= 0.6 is 0 Å². The summed E-state index contributed by atoms with van der Waals surface area (Å²) in [4.78, 5) is 3.97. The molecule has 1 aromatic carbocycles. The van der Waals surface area contributed by atoms with E-state index in [1.165, 1.54) is 5.56 Å². The summed E-state index contributed by atoms with van der Waals surface area (Å²) in [5, 5.41) is 7.37. The molecule has 0 spiro atoms. The quantitative estimate of drug-likeness (QED) is 0.599. The van der Waals surface area contributed by atoms with Crippen LogP contribution in [0.3, 0.4) is 0 Å². The minimum Gasteiger partial charge on any atom is -0.384 e. The van der Waals surface area contributed by atoms with Gasteiger partial charge in [0.05, 0.1) is 0 Å². The second-order valence-corrected chi connectivity index (χ2v) is 3.55. The highest BCUT2D eigenvalue weighted by Crippen LogP contribution is 2.09. The van der Waals surface area contributed by atoms with E-state index in [0.717, 1.165) is 17.5 Å². The van der Waals surface area contributed by atoms with Crippen molar-refractivity contribution < 1.29 is 0 Å². The van der Waals surface area contributed by atoms with E-state index in [9.17, 15) is 0 Å². The van der Waals surface area contributed by atoms with Gasteiger partial charge in [-0.3, -0.25) is 10.4 Å². The number of hydrogen-bond acceptors (Lipinski definition) is 2. The highest BCUT2D eigenvalue weighted by Gasteiger charge is 2.00. The highest BCUT2D eigenvalue weighted by molar-refractivity contribution is 5.95. The van der Waals surface area contributed by atoms with Crippen LogP contribution in [0.15, 0.2) is 42.7 Å². The Morgan fingerprint density at radius 1 is 1.31 bits per heavy atom. The van der Waals surface area contributed by atoms with Gasteiger partial charge in [-0.05, 0) is 41.8 Å². The van der Waals surface area contributed by atoms with Crippen LogP contribution in [-0.4, -0.2) is 10.8 Å². The molecule has 1 radical (unpaired) electrons. The van der Waals surface area contributed by atoms with Crippen molar-refractivity contribution in [2.24, 2.45) is 5.73 Å². The Hall–Kier alpha value is -2.16. The maximum Gasteiger partial charge on any atom is 0.122 e. The average Bonchev–Trinajstić information content (AvgIpc) is 2.30. The molecule has 0 unspecified atom stereocenters. The Balaban J connectivity index is 2.22. The number of amidine groups is 1. The van der Waals surface area contributed by atoms with Crippen molar-refractivity contribution in [2.75, 3.05) is 0 Å². The van der Waals surface area contributed by atoms with Crippen molar-refractivity contribution in [2.45, 2.75) is 6.42 Å². The maximum atomic E-state index is 7.37. The zero-order valence-electron chi connectivity index (χ0n) is 8.77. The summed E-state index contributed by atoms with van der Waals surface area (Å²) in [6.07, 6.45) is 4.32. The normalized spacial score (nSPS) is 10.0. The standard InChI is InChI=1S/C13H12N3/c14-13(15)12-3-1-2-11(9-12)8-10-4-6-16-7-5-10/h1,3-7,9H,8H2,(H3,14,15). The molecule has 3 N–H and O–H groups in total. The van der Waals surface area contributed by atoms with Crippen molar-refractivity contribution >= 4 is 5.84 Å². The van der Waals surface area contributed by atoms with Gasteiger partial charge in [0, 0.05) is 18.0 Å². The molecular weight excluding hydrogens is 198 g/mol. The zero-order valence-corrected chi connectivity index (χ0v) is 8.77. The van der Waals surface area contributed by atoms with Crippen LogP contribution in [0.25, 0.3) is 0 Å². The van der Waals surface area contributed by atoms with Crippen molar-refractivity contribution in [1.82, 2.24) is 4.98 Å². The van der Waals surface area contributed by atoms with Gasteiger partial charge in [-0.15, -0.1) is 0 Å². The Labute approximate surface area is 94.5 Å².